The molecule has 0 spiro atoms. The number of nitrogens with zero attached hydrogens (tertiary/aromatic N) is 3. The standard InChI is InChI=1S/C19H16N4O2/c1-2-25-13-9-7-12(8-10-13)17-14(11-20)18(24)22-19-21-15-5-3-4-6-16(15)23(17)19/h3-10,14,17H,2H2,1H3,(H,21,22,24)/t14-,17+/m1/s1. The fourth-order valence-corrected chi connectivity index (χ4v) is 3.29. The van der Waals surface area contributed by atoms with Crippen LogP contribution in [-0.4, -0.2) is 22.1 Å². The molecular formula is C19H16N4O2. The monoisotopic (exact) mass is 332 g/mol. The Kier molecular flexibility index (Phi) is 3.62. The van der Waals surface area contributed by atoms with Crippen molar-refractivity contribution in [3.05, 3.63) is 54.1 Å². The van der Waals surface area contributed by atoms with Gasteiger partial charge >= 0.3 is 0 Å². The fourth-order valence-electron chi connectivity index (χ4n) is 3.29. The molecule has 1 N–H and O–H groups in total. The molecule has 6 heteroatoms. The average molecular weight is 332 g/mol. The first-order valence-corrected chi connectivity index (χ1v) is 8.13. The number of benzene rings is 2. The van der Waals surface area contributed by atoms with E-state index in [1.165, 1.54) is 0 Å². The zero-order chi connectivity index (χ0) is 17.4. The number of fused-ring (bicyclic) bond motifs is 3. The van der Waals surface area contributed by atoms with Crippen LogP contribution in [0.2, 0.25) is 0 Å². The second-order valence-electron chi connectivity index (χ2n) is 5.84. The number of aromatic nitrogens is 2. The van der Waals surface area contributed by atoms with Crippen LogP contribution in [0.25, 0.3) is 11.0 Å². The van der Waals surface area contributed by atoms with Gasteiger partial charge in [-0.15, -0.1) is 0 Å². The van der Waals surface area contributed by atoms with Crippen molar-refractivity contribution in [3.63, 3.8) is 0 Å². The van der Waals surface area contributed by atoms with Gasteiger partial charge in [0.15, 0.2) is 5.92 Å². The number of carbonyl (C=O) groups excluding carboxylic acids is 1. The minimum Gasteiger partial charge on any atom is -0.494 e. The summed E-state index contributed by atoms with van der Waals surface area (Å²) < 4.78 is 7.41. The number of anilines is 1. The first kappa shape index (κ1) is 15.2. The lowest BCUT2D eigenvalue weighted by Gasteiger charge is -2.30. The summed E-state index contributed by atoms with van der Waals surface area (Å²) in [6.07, 6.45) is 0. The lowest BCUT2D eigenvalue weighted by atomic mass is 9.91. The number of nitrogens with one attached hydrogen (secondary N) is 1. The van der Waals surface area contributed by atoms with E-state index in [0.29, 0.717) is 12.6 Å². The second kappa shape index (κ2) is 5.95. The zero-order valence-corrected chi connectivity index (χ0v) is 13.6. The van der Waals surface area contributed by atoms with E-state index in [1.54, 1.807) is 0 Å². The molecule has 0 unspecified atom stereocenters. The van der Waals surface area contributed by atoms with Crippen molar-refractivity contribution in [2.45, 2.75) is 13.0 Å². The van der Waals surface area contributed by atoms with Crippen molar-refractivity contribution in [2.24, 2.45) is 5.92 Å². The number of ether oxygens (including phenoxy) is 1. The Hall–Kier alpha value is -3.33. The Morgan fingerprint density at radius 2 is 2.00 bits per heavy atom. The SMILES string of the molecule is CCOc1ccc([C@H]2[C@@H](C#N)C(=O)Nc3nc4ccccc4n32)cc1. The summed E-state index contributed by atoms with van der Waals surface area (Å²) >= 11 is 0. The third-order valence-electron chi connectivity index (χ3n) is 4.38. The molecular weight excluding hydrogens is 316 g/mol. The third-order valence-corrected chi connectivity index (χ3v) is 4.38. The molecule has 1 aliphatic heterocycles. The molecule has 0 fully saturated rings. The van der Waals surface area contributed by atoms with Crippen molar-refractivity contribution in [2.75, 3.05) is 11.9 Å². The highest BCUT2D eigenvalue weighted by molar-refractivity contribution is 5.97. The maximum Gasteiger partial charge on any atom is 0.246 e. The van der Waals surface area contributed by atoms with E-state index in [4.69, 9.17) is 4.74 Å². The predicted octanol–water partition coefficient (Wildman–Crippen LogP) is 3.12. The van der Waals surface area contributed by atoms with E-state index in [2.05, 4.69) is 16.4 Å². The van der Waals surface area contributed by atoms with Crippen LogP contribution in [0.1, 0.15) is 18.5 Å². The molecule has 25 heavy (non-hydrogen) atoms. The quantitative estimate of drug-likeness (QED) is 0.799. The van der Waals surface area contributed by atoms with E-state index in [9.17, 15) is 10.1 Å². The second-order valence-corrected chi connectivity index (χ2v) is 5.84. The number of carbonyl (C=O) groups is 1. The van der Waals surface area contributed by atoms with Crippen molar-refractivity contribution < 1.29 is 9.53 Å². The number of rotatable bonds is 3. The van der Waals surface area contributed by atoms with Crippen LogP contribution in [0.4, 0.5) is 5.95 Å². The Morgan fingerprint density at radius 1 is 1.24 bits per heavy atom. The fraction of sp³-hybridized carbons (Fsp3) is 0.211. The van der Waals surface area contributed by atoms with Crippen molar-refractivity contribution >= 4 is 22.9 Å². The Morgan fingerprint density at radius 3 is 2.72 bits per heavy atom. The molecule has 0 radical (unpaired) electrons. The molecule has 0 aliphatic carbocycles. The highest BCUT2D eigenvalue weighted by Crippen LogP contribution is 2.38. The first-order chi connectivity index (χ1) is 12.2. The summed E-state index contributed by atoms with van der Waals surface area (Å²) in [4.78, 5) is 16.9. The van der Waals surface area contributed by atoms with Gasteiger partial charge in [0.25, 0.3) is 0 Å². The van der Waals surface area contributed by atoms with Gasteiger partial charge in [-0.1, -0.05) is 24.3 Å². The van der Waals surface area contributed by atoms with Gasteiger partial charge in [-0.2, -0.15) is 5.26 Å². The van der Waals surface area contributed by atoms with Crippen LogP contribution >= 0.6 is 0 Å². The number of nitriles is 1. The van der Waals surface area contributed by atoms with E-state index in [-0.39, 0.29) is 5.91 Å². The van der Waals surface area contributed by atoms with E-state index in [1.807, 2.05) is 60.0 Å². The van der Waals surface area contributed by atoms with Crippen molar-refractivity contribution in [3.8, 4) is 11.8 Å². The van der Waals surface area contributed by atoms with Crippen LogP contribution < -0.4 is 10.1 Å². The third kappa shape index (κ3) is 2.41. The summed E-state index contributed by atoms with van der Waals surface area (Å²) in [7, 11) is 0. The molecule has 0 bridgehead atoms. The van der Waals surface area contributed by atoms with Gasteiger partial charge in [-0.05, 0) is 36.8 Å². The normalized spacial score (nSPS) is 19.1. The lowest BCUT2D eigenvalue weighted by molar-refractivity contribution is -0.119. The van der Waals surface area contributed by atoms with Crippen LogP contribution in [-0.2, 0) is 4.79 Å². The number of hydrogen-bond donors (Lipinski definition) is 1. The predicted molar refractivity (Wildman–Crippen MR) is 93.2 cm³/mol. The largest absolute Gasteiger partial charge is 0.494 e. The highest BCUT2D eigenvalue weighted by Gasteiger charge is 2.38. The van der Waals surface area contributed by atoms with Gasteiger partial charge in [-0.25, -0.2) is 4.98 Å². The number of hydrogen-bond acceptors (Lipinski definition) is 4. The lowest BCUT2D eigenvalue weighted by Crippen LogP contribution is -2.37. The van der Waals surface area contributed by atoms with E-state index >= 15 is 0 Å². The smallest absolute Gasteiger partial charge is 0.246 e. The van der Waals surface area contributed by atoms with Gasteiger partial charge < -0.3 is 9.30 Å². The molecule has 3 aromatic rings. The minimum atomic E-state index is -0.831. The summed E-state index contributed by atoms with van der Waals surface area (Å²) in [6.45, 7) is 2.51. The van der Waals surface area contributed by atoms with Crippen LogP contribution in [0, 0.1) is 17.2 Å². The summed E-state index contributed by atoms with van der Waals surface area (Å²) in [5, 5.41) is 12.3. The molecule has 0 saturated carbocycles. The molecule has 2 atom stereocenters. The van der Waals surface area contributed by atoms with E-state index in [0.717, 1.165) is 22.3 Å². The Labute approximate surface area is 144 Å². The summed E-state index contributed by atoms with van der Waals surface area (Å²) in [5.74, 6) is 0.0690. The summed E-state index contributed by atoms with van der Waals surface area (Å²) in [5.41, 5.74) is 2.54. The molecule has 0 saturated heterocycles. The van der Waals surface area contributed by atoms with Crippen LogP contribution in [0.5, 0.6) is 5.75 Å². The molecule has 2 aromatic carbocycles. The molecule has 4 rings (SSSR count). The van der Waals surface area contributed by atoms with Gasteiger partial charge in [0.1, 0.15) is 5.75 Å². The van der Waals surface area contributed by atoms with Crippen molar-refractivity contribution in [1.82, 2.24) is 9.55 Å². The average Bonchev–Trinajstić information content (AvgIpc) is 2.99. The molecule has 124 valence electrons. The Balaban J connectivity index is 1.90. The van der Waals surface area contributed by atoms with E-state index < -0.39 is 12.0 Å². The summed E-state index contributed by atoms with van der Waals surface area (Å²) in [6, 6.07) is 16.9. The maximum atomic E-state index is 12.4. The van der Waals surface area contributed by atoms with Gasteiger partial charge in [0.05, 0.1) is 29.8 Å². The van der Waals surface area contributed by atoms with Gasteiger partial charge in [-0.3, -0.25) is 10.1 Å². The highest BCUT2D eigenvalue weighted by atomic mass is 16.5. The zero-order valence-electron chi connectivity index (χ0n) is 13.6. The Bertz CT molecular complexity index is 985. The molecule has 6 nitrogen and oxygen atoms in total. The number of para-hydroxylation sites is 2. The van der Waals surface area contributed by atoms with Crippen molar-refractivity contribution in [1.29, 1.82) is 5.26 Å². The van der Waals surface area contributed by atoms with Crippen LogP contribution in [0.3, 0.4) is 0 Å². The maximum absolute atomic E-state index is 12.4. The minimum absolute atomic E-state index is 0.329. The first-order valence-electron chi connectivity index (χ1n) is 8.13. The number of imidazole rings is 1. The molecule has 1 aromatic heterocycles. The molecule has 2 heterocycles. The number of amides is 1. The molecule has 1 amide bonds. The van der Waals surface area contributed by atoms with Crippen LogP contribution in [0.15, 0.2) is 48.5 Å². The van der Waals surface area contributed by atoms with Gasteiger partial charge in [0.2, 0.25) is 11.9 Å². The topological polar surface area (TPSA) is 79.9 Å². The van der Waals surface area contributed by atoms with Gasteiger partial charge in [0, 0.05) is 0 Å². The molecule has 1 aliphatic rings.